The van der Waals surface area contributed by atoms with Crippen molar-refractivity contribution in [2.24, 2.45) is 5.73 Å². The van der Waals surface area contributed by atoms with Gasteiger partial charge in [0.2, 0.25) is 0 Å². The average molecular weight is 475 g/mol. The van der Waals surface area contributed by atoms with Gasteiger partial charge in [0.1, 0.15) is 0 Å². The van der Waals surface area contributed by atoms with Gasteiger partial charge < -0.3 is 0 Å². The molecule has 1 heterocycles. The summed E-state index contributed by atoms with van der Waals surface area (Å²) in [6.07, 6.45) is 0. The Morgan fingerprint density at radius 3 is 2.68 bits per heavy atom. The molecule has 1 aromatic heterocycles. The molecule has 2 aromatic rings. The Morgan fingerprint density at radius 2 is 2.14 bits per heavy atom. The molecule has 116 valence electrons. The maximum absolute atomic E-state index is 12.2. The summed E-state index contributed by atoms with van der Waals surface area (Å²) in [4.78, 5) is 23.8. The number of nitrogens with two attached hydrogens (primary N) is 1. The number of amides is 1. The molecule has 8 heteroatoms. The van der Waals surface area contributed by atoms with E-state index >= 15 is 0 Å². The zero-order valence-electron chi connectivity index (χ0n) is 12.1. The summed E-state index contributed by atoms with van der Waals surface area (Å²) in [6, 6.07) is 5.73. The number of rotatable bonds is 4. The second-order valence-corrected chi connectivity index (χ2v) is 7.00. The van der Waals surface area contributed by atoms with Gasteiger partial charge in [-0.2, -0.15) is 0 Å². The van der Waals surface area contributed by atoms with Gasteiger partial charge in [0.25, 0.3) is 0 Å². The second kappa shape index (κ2) is 6.83. The van der Waals surface area contributed by atoms with E-state index in [-0.39, 0.29) is 18.0 Å². The van der Waals surface area contributed by atoms with Crippen LogP contribution in [0.4, 0.5) is 0 Å². The van der Waals surface area contributed by atoms with E-state index < -0.39 is 11.9 Å². The number of halogens is 1. The number of benzene rings is 1. The molecule has 1 aromatic carbocycles. The molecular formula is C14H15AsIN3O3. The number of carbonyl (C=O) groups excluding carboxylic acids is 2. The van der Waals surface area contributed by atoms with Gasteiger partial charge in [-0.3, -0.25) is 0 Å². The van der Waals surface area contributed by atoms with Crippen molar-refractivity contribution in [3.05, 3.63) is 38.7 Å². The zero-order chi connectivity index (χ0) is 16.4. The van der Waals surface area contributed by atoms with E-state index in [9.17, 15) is 9.59 Å². The number of aromatic nitrogens is 2. The first kappa shape index (κ1) is 17.0. The molecule has 6 nitrogen and oxygen atoms in total. The number of hydrogen-bond donors (Lipinski definition) is 1. The summed E-state index contributed by atoms with van der Waals surface area (Å²) in [7, 11) is 0. The Hall–Kier alpha value is -1.34. The first-order chi connectivity index (χ1) is 10.4. The Morgan fingerprint density at radius 1 is 1.45 bits per heavy atom. The molecule has 1 atom stereocenters. The van der Waals surface area contributed by atoms with E-state index in [1.54, 1.807) is 6.92 Å². The van der Waals surface area contributed by atoms with E-state index in [0.29, 0.717) is 4.35 Å². The van der Waals surface area contributed by atoms with Gasteiger partial charge in [-0.15, -0.1) is 0 Å². The number of hydrogen-bond acceptors (Lipinski definition) is 4. The Kier molecular flexibility index (Phi) is 5.28. The van der Waals surface area contributed by atoms with Crippen LogP contribution in [0.1, 0.15) is 33.5 Å². The third-order valence-corrected chi connectivity index (χ3v) is 4.83. The number of nitrogens with zero attached hydrogens (tertiary/aromatic N) is 2. The number of ether oxygens (including phenoxy) is 1. The summed E-state index contributed by atoms with van der Waals surface area (Å²) in [5.74, 6) is -1.17. The summed E-state index contributed by atoms with van der Waals surface area (Å²) in [6.45, 7) is 3.89. The molecule has 0 aliphatic rings. The fraction of sp³-hybridized carbons (Fsp3) is 0.214. The number of aryl methyl sites for hydroxylation is 1. The third kappa shape index (κ3) is 3.20. The van der Waals surface area contributed by atoms with Crippen molar-refractivity contribution in [1.82, 2.24) is 9.78 Å². The Balaban J connectivity index is 2.71. The van der Waals surface area contributed by atoms with Crippen molar-refractivity contribution >= 4 is 55.7 Å². The molecule has 0 radical (unpaired) electrons. The summed E-state index contributed by atoms with van der Waals surface area (Å²) in [5, 5.41) is 4.23. The van der Waals surface area contributed by atoms with E-state index in [1.165, 1.54) is 4.68 Å². The molecule has 0 aliphatic carbocycles. The SMILES string of the molecule is CCOC(=O)c1c([AsH2])c(C(N)=O)nn1-c1ccc(I)cc1C. The van der Waals surface area contributed by atoms with E-state index in [4.69, 9.17) is 10.5 Å². The first-order valence-corrected chi connectivity index (χ1v) is 8.77. The van der Waals surface area contributed by atoms with Crippen LogP contribution in [0.3, 0.4) is 0 Å². The van der Waals surface area contributed by atoms with Crippen molar-refractivity contribution in [3.8, 4) is 5.69 Å². The van der Waals surface area contributed by atoms with Crippen molar-refractivity contribution in [2.45, 2.75) is 13.8 Å². The molecule has 0 bridgehead atoms. The standard InChI is InChI=1S/C14H15AsIN3O3/c1-3-22-14(21)12-10(15)11(13(17)20)18-19(12)9-5-4-8(16)6-7(9)2/h4-6H,3,15H2,1-2H3,(H2,17,20). The molecule has 1 unspecified atom stereocenters. The van der Waals surface area contributed by atoms with Crippen LogP contribution in [0.15, 0.2) is 18.2 Å². The van der Waals surface area contributed by atoms with Crippen molar-refractivity contribution in [3.63, 3.8) is 0 Å². The predicted molar refractivity (Wildman–Crippen MR) is 93.7 cm³/mol. The van der Waals surface area contributed by atoms with Crippen LogP contribution < -0.4 is 10.1 Å². The molecule has 2 N–H and O–H groups in total. The van der Waals surface area contributed by atoms with Crippen LogP contribution >= 0.6 is 22.6 Å². The Bertz CT molecular complexity index is 758. The molecule has 0 aliphatic heterocycles. The fourth-order valence-corrected chi connectivity index (χ4v) is 3.61. The molecule has 1 amide bonds. The minimum atomic E-state index is -0.660. The molecule has 0 fully saturated rings. The van der Waals surface area contributed by atoms with Gasteiger partial charge in [0, 0.05) is 0 Å². The monoisotopic (exact) mass is 475 g/mol. The van der Waals surface area contributed by atoms with Crippen LogP contribution in [-0.2, 0) is 4.74 Å². The predicted octanol–water partition coefficient (Wildman–Crippen LogP) is 0.319. The minimum absolute atomic E-state index is 0.0982. The Labute approximate surface area is 150 Å². The van der Waals surface area contributed by atoms with Crippen LogP contribution in [0.2, 0.25) is 0 Å². The zero-order valence-corrected chi connectivity index (χ0v) is 16.7. The van der Waals surface area contributed by atoms with E-state index in [1.807, 2.05) is 25.1 Å². The average Bonchev–Trinajstić information content (AvgIpc) is 2.76. The number of esters is 1. The molecule has 2 rings (SSSR count). The summed E-state index contributed by atoms with van der Waals surface area (Å²) >= 11 is 3.32. The van der Waals surface area contributed by atoms with Crippen molar-refractivity contribution in [1.29, 1.82) is 0 Å². The normalized spacial score (nSPS) is 10.5. The maximum atomic E-state index is 12.2. The molecule has 22 heavy (non-hydrogen) atoms. The topological polar surface area (TPSA) is 87.2 Å². The molecule has 0 spiro atoms. The van der Waals surface area contributed by atoms with Crippen molar-refractivity contribution < 1.29 is 14.3 Å². The van der Waals surface area contributed by atoms with Crippen LogP contribution in [-0.4, -0.2) is 45.1 Å². The van der Waals surface area contributed by atoms with E-state index in [2.05, 4.69) is 27.7 Å². The van der Waals surface area contributed by atoms with Crippen LogP contribution in [0, 0.1) is 10.5 Å². The van der Waals surface area contributed by atoms with Crippen LogP contribution in [0.5, 0.6) is 0 Å². The summed E-state index contributed by atoms with van der Waals surface area (Å²) < 4.78 is 8.08. The number of carbonyl (C=O) groups is 2. The van der Waals surface area contributed by atoms with Gasteiger partial charge in [0.15, 0.2) is 0 Å². The molecular weight excluding hydrogens is 460 g/mol. The third-order valence-electron chi connectivity index (χ3n) is 3.01. The first-order valence-electron chi connectivity index (χ1n) is 6.48. The van der Waals surface area contributed by atoms with Crippen LogP contribution in [0.25, 0.3) is 5.69 Å². The fourth-order valence-electron chi connectivity index (χ4n) is 2.04. The van der Waals surface area contributed by atoms with Gasteiger partial charge in [-0.25, -0.2) is 0 Å². The molecule has 0 saturated heterocycles. The van der Waals surface area contributed by atoms with E-state index in [0.717, 1.165) is 31.7 Å². The quantitative estimate of drug-likeness (QED) is 0.392. The van der Waals surface area contributed by atoms with Gasteiger partial charge >= 0.3 is 150 Å². The summed E-state index contributed by atoms with van der Waals surface area (Å²) in [5.41, 5.74) is 7.35. The van der Waals surface area contributed by atoms with Gasteiger partial charge in [0.05, 0.1) is 0 Å². The molecule has 0 saturated carbocycles. The second-order valence-electron chi connectivity index (χ2n) is 4.54. The number of primary amides is 1. The van der Waals surface area contributed by atoms with Gasteiger partial charge in [-0.1, -0.05) is 0 Å². The van der Waals surface area contributed by atoms with Gasteiger partial charge in [-0.05, 0) is 0 Å². The van der Waals surface area contributed by atoms with Crippen molar-refractivity contribution in [2.75, 3.05) is 6.61 Å².